The first-order valence-corrected chi connectivity index (χ1v) is 32.3. The highest BCUT2D eigenvalue weighted by atomic mass is 16.5. The number of hydrogen-bond acceptors (Lipinski definition) is 5. The van der Waals surface area contributed by atoms with Crippen LogP contribution in [0.15, 0.2) is 36.5 Å². The molecule has 2 unspecified atom stereocenters. The Balaban J connectivity index is 3.46. The molecule has 6 heteroatoms. The van der Waals surface area contributed by atoms with Crippen LogP contribution in [-0.2, 0) is 14.3 Å². The van der Waals surface area contributed by atoms with Crippen molar-refractivity contribution in [1.29, 1.82) is 0 Å². The molecule has 0 radical (unpaired) electrons. The van der Waals surface area contributed by atoms with Crippen LogP contribution in [0.2, 0.25) is 0 Å². The second kappa shape index (κ2) is 61.6. The van der Waals surface area contributed by atoms with E-state index in [2.05, 4.69) is 43.5 Å². The fourth-order valence-electron chi connectivity index (χ4n) is 9.96. The molecule has 3 N–H and O–H groups in total. The average Bonchev–Trinajstić information content (AvgIpc) is 3.38. The van der Waals surface area contributed by atoms with E-state index in [9.17, 15) is 19.8 Å². The van der Waals surface area contributed by atoms with Gasteiger partial charge in [0, 0.05) is 12.8 Å². The Labute approximate surface area is 449 Å². The van der Waals surface area contributed by atoms with Crippen molar-refractivity contribution in [3.8, 4) is 0 Å². The van der Waals surface area contributed by atoms with Crippen molar-refractivity contribution in [3.05, 3.63) is 36.5 Å². The van der Waals surface area contributed by atoms with E-state index >= 15 is 0 Å². The summed E-state index contributed by atoms with van der Waals surface area (Å²) in [6, 6.07) is -0.635. The Hall–Kier alpha value is -1.92. The third-order valence-electron chi connectivity index (χ3n) is 14.9. The smallest absolute Gasteiger partial charge is 0.305 e. The summed E-state index contributed by atoms with van der Waals surface area (Å²) in [6.45, 7) is 4.89. The zero-order valence-electron chi connectivity index (χ0n) is 48.4. The Bertz CT molecular complexity index is 1170. The van der Waals surface area contributed by atoms with E-state index in [1.807, 2.05) is 6.08 Å². The predicted molar refractivity (Wildman–Crippen MR) is 315 cm³/mol. The van der Waals surface area contributed by atoms with Crippen LogP contribution < -0.4 is 5.32 Å². The van der Waals surface area contributed by atoms with Gasteiger partial charge in [0.15, 0.2) is 0 Å². The van der Waals surface area contributed by atoms with Crippen LogP contribution in [0, 0.1) is 0 Å². The quantitative estimate of drug-likeness (QED) is 0.0320. The van der Waals surface area contributed by atoms with Crippen LogP contribution >= 0.6 is 0 Å². The zero-order valence-corrected chi connectivity index (χ0v) is 48.4. The molecule has 0 aliphatic heterocycles. The van der Waals surface area contributed by atoms with E-state index in [4.69, 9.17) is 4.74 Å². The summed E-state index contributed by atoms with van der Waals surface area (Å²) in [6.07, 6.45) is 77.5. The van der Waals surface area contributed by atoms with Crippen LogP contribution in [0.4, 0.5) is 0 Å². The fraction of sp³-hybridized carbons (Fsp3) is 0.879. The van der Waals surface area contributed by atoms with Gasteiger partial charge in [0.05, 0.1) is 25.4 Å². The van der Waals surface area contributed by atoms with Crippen molar-refractivity contribution in [2.24, 2.45) is 0 Å². The van der Waals surface area contributed by atoms with Crippen molar-refractivity contribution in [2.75, 3.05) is 13.2 Å². The number of ether oxygens (including phenoxy) is 1. The highest BCUT2D eigenvalue weighted by molar-refractivity contribution is 5.76. The first-order chi connectivity index (χ1) is 35.5. The number of unbranched alkanes of at least 4 members (excludes halogenated alkanes) is 45. The maximum absolute atomic E-state index is 12.5. The van der Waals surface area contributed by atoms with Gasteiger partial charge < -0.3 is 20.3 Å². The normalized spacial score (nSPS) is 12.8. The van der Waals surface area contributed by atoms with E-state index in [1.165, 1.54) is 263 Å². The summed E-state index contributed by atoms with van der Waals surface area (Å²) in [5, 5.41) is 23.2. The molecule has 424 valence electrons. The molecule has 0 fully saturated rings. The number of aliphatic hydroxyl groups is 2. The summed E-state index contributed by atoms with van der Waals surface area (Å²) in [4.78, 5) is 24.6. The second-order valence-corrected chi connectivity index (χ2v) is 22.1. The largest absolute Gasteiger partial charge is 0.466 e. The van der Waals surface area contributed by atoms with Gasteiger partial charge in [-0.25, -0.2) is 0 Å². The van der Waals surface area contributed by atoms with Gasteiger partial charge in [0.2, 0.25) is 5.91 Å². The van der Waals surface area contributed by atoms with Crippen LogP contribution in [-0.4, -0.2) is 47.4 Å². The van der Waals surface area contributed by atoms with Gasteiger partial charge in [0.25, 0.3) is 0 Å². The fourth-order valence-corrected chi connectivity index (χ4v) is 9.96. The molecular formula is C66H125NO5. The molecular weight excluding hydrogens is 887 g/mol. The summed E-state index contributed by atoms with van der Waals surface area (Å²) in [7, 11) is 0. The number of aliphatic hydroxyl groups excluding tert-OH is 2. The van der Waals surface area contributed by atoms with Gasteiger partial charge in [-0.2, -0.15) is 0 Å². The number of amides is 1. The Morgan fingerprint density at radius 1 is 0.389 bits per heavy atom. The van der Waals surface area contributed by atoms with E-state index < -0.39 is 12.1 Å². The number of carbonyl (C=O) groups excluding carboxylic acids is 2. The molecule has 0 aromatic carbocycles. The lowest BCUT2D eigenvalue weighted by Gasteiger charge is -2.20. The highest BCUT2D eigenvalue weighted by Crippen LogP contribution is 2.18. The third-order valence-corrected chi connectivity index (χ3v) is 14.9. The Morgan fingerprint density at radius 2 is 0.694 bits per heavy atom. The lowest BCUT2D eigenvalue weighted by Crippen LogP contribution is -2.45. The maximum atomic E-state index is 12.5. The number of allylic oxidation sites excluding steroid dienone is 5. The highest BCUT2D eigenvalue weighted by Gasteiger charge is 2.18. The van der Waals surface area contributed by atoms with Crippen molar-refractivity contribution < 1.29 is 24.5 Å². The van der Waals surface area contributed by atoms with Gasteiger partial charge in [-0.1, -0.05) is 307 Å². The first-order valence-electron chi connectivity index (χ1n) is 32.3. The topological polar surface area (TPSA) is 95.9 Å². The summed E-state index contributed by atoms with van der Waals surface area (Å²) in [5.74, 6) is -0.0830. The molecule has 0 saturated carbocycles. The minimum atomic E-state index is -0.851. The van der Waals surface area contributed by atoms with Crippen molar-refractivity contribution >= 4 is 11.9 Å². The minimum absolute atomic E-state index is 0.0108. The number of nitrogens with one attached hydrogen (secondary N) is 1. The molecule has 0 bridgehead atoms. The lowest BCUT2D eigenvalue weighted by atomic mass is 10.0. The van der Waals surface area contributed by atoms with Gasteiger partial charge in [-0.3, -0.25) is 9.59 Å². The molecule has 2 atom stereocenters. The average molecular weight is 1010 g/mol. The SMILES string of the molecule is CCCCCC/C=C\C/C=C\CCCCCCCC(=O)OCCCCCCCCCCCCCCCCCCC(=O)NC(CO)C(O)/C=C/CCCCCCCCCCCCCCCCCCCCCCC. The molecule has 0 aliphatic carbocycles. The van der Waals surface area contributed by atoms with Crippen LogP contribution in [0.25, 0.3) is 0 Å². The van der Waals surface area contributed by atoms with Crippen molar-refractivity contribution in [2.45, 2.75) is 360 Å². The molecule has 72 heavy (non-hydrogen) atoms. The predicted octanol–water partition coefficient (Wildman–Crippen LogP) is 20.4. The van der Waals surface area contributed by atoms with E-state index in [0.29, 0.717) is 19.4 Å². The monoisotopic (exact) mass is 1010 g/mol. The Morgan fingerprint density at radius 3 is 1.07 bits per heavy atom. The number of rotatable bonds is 60. The van der Waals surface area contributed by atoms with Crippen LogP contribution in [0.5, 0.6) is 0 Å². The lowest BCUT2D eigenvalue weighted by molar-refractivity contribution is -0.143. The van der Waals surface area contributed by atoms with Crippen molar-refractivity contribution in [3.63, 3.8) is 0 Å². The van der Waals surface area contributed by atoms with Gasteiger partial charge in [0.1, 0.15) is 0 Å². The van der Waals surface area contributed by atoms with Crippen LogP contribution in [0.3, 0.4) is 0 Å². The van der Waals surface area contributed by atoms with E-state index in [0.717, 1.165) is 57.8 Å². The zero-order chi connectivity index (χ0) is 52.2. The third kappa shape index (κ3) is 57.4. The standard InChI is InChI=1S/C66H125NO5/c1-3-5-7-9-11-13-15-17-19-21-22-23-24-25-26-27-30-34-38-42-46-50-54-58-64(69)63(62-68)67-65(70)59-55-51-47-43-39-35-31-28-29-33-37-41-45-49-53-57-61-72-66(71)60-56-52-48-44-40-36-32-20-18-16-14-12-10-8-6-4-2/h14,16,20,32,54,58,63-64,68-69H,3-13,15,17-19,21-31,33-53,55-57,59-62H2,1-2H3,(H,67,70)/b16-14-,32-20-,58-54+. The molecule has 0 aliphatic rings. The molecule has 0 saturated heterocycles. The summed E-state index contributed by atoms with van der Waals surface area (Å²) < 4.78 is 5.48. The molecule has 0 aromatic rings. The maximum Gasteiger partial charge on any atom is 0.305 e. The van der Waals surface area contributed by atoms with E-state index in [-0.39, 0.29) is 18.5 Å². The summed E-state index contributed by atoms with van der Waals surface area (Å²) in [5.41, 5.74) is 0. The van der Waals surface area contributed by atoms with Crippen molar-refractivity contribution in [1.82, 2.24) is 5.32 Å². The first kappa shape index (κ1) is 70.1. The van der Waals surface area contributed by atoms with Crippen LogP contribution in [0.1, 0.15) is 348 Å². The number of carbonyl (C=O) groups is 2. The molecule has 6 nitrogen and oxygen atoms in total. The Kier molecular flexibility index (Phi) is 60.0. The molecule has 0 aromatic heterocycles. The number of esters is 1. The molecule has 0 spiro atoms. The summed E-state index contributed by atoms with van der Waals surface area (Å²) >= 11 is 0. The van der Waals surface area contributed by atoms with Gasteiger partial charge in [-0.15, -0.1) is 0 Å². The van der Waals surface area contributed by atoms with Gasteiger partial charge >= 0.3 is 5.97 Å². The minimum Gasteiger partial charge on any atom is -0.466 e. The van der Waals surface area contributed by atoms with Gasteiger partial charge in [-0.05, 0) is 64.2 Å². The molecule has 1 amide bonds. The second-order valence-electron chi connectivity index (χ2n) is 22.1. The molecule has 0 heterocycles. The van der Waals surface area contributed by atoms with E-state index in [1.54, 1.807) is 6.08 Å². The molecule has 0 rings (SSSR count). The number of hydrogen-bond donors (Lipinski definition) is 3.